The van der Waals surface area contributed by atoms with E-state index in [0.717, 1.165) is 22.4 Å². The minimum atomic E-state index is -0.122. The second-order valence-electron chi connectivity index (χ2n) is 6.59. The monoisotopic (exact) mass is 381 g/mol. The molecule has 1 atom stereocenters. The number of hydrogen-bond acceptors (Lipinski definition) is 5. The molecule has 0 amide bonds. The Balaban J connectivity index is 1.57. The van der Waals surface area contributed by atoms with Gasteiger partial charge in [-0.05, 0) is 42.3 Å². The smallest absolute Gasteiger partial charge is 0.195 e. The zero-order chi connectivity index (χ0) is 19.3. The fraction of sp³-hybridized carbons (Fsp3) is 0.318. The van der Waals surface area contributed by atoms with Crippen molar-refractivity contribution >= 4 is 10.9 Å². The van der Waals surface area contributed by atoms with Gasteiger partial charge in [0.05, 0.1) is 31.9 Å². The molecule has 1 fully saturated rings. The number of H-pyrrole nitrogens is 1. The Kier molecular flexibility index (Phi) is 5.60. The van der Waals surface area contributed by atoms with E-state index in [-0.39, 0.29) is 11.5 Å². The van der Waals surface area contributed by atoms with Gasteiger partial charge >= 0.3 is 0 Å². The fourth-order valence-electron chi connectivity index (χ4n) is 3.21. The van der Waals surface area contributed by atoms with Crippen molar-refractivity contribution < 1.29 is 18.9 Å². The van der Waals surface area contributed by atoms with Crippen molar-refractivity contribution in [3.8, 4) is 22.8 Å². The number of hydrogen-bond donors (Lipinski definition) is 1. The minimum Gasteiger partial charge on any atom is -0.494 e. The first-order chi connectivity index (χ1) is 13.7. The zero-order valence-corrected chi connectivity index (χ0v) is 15.8. The molecule has 0 saturated carbocycles. The summed E-state index contributed by atoms with van der Waals surface area (Å²) in [5, 5.41) is 0.624. The van der Waals surface area contributed by atoms with E-state index in [1.165, 1.54) is 6.07 Å². The number of aromatic nitrogens is 1. The number of benzene rings is 2. The summed E-state index contributed by atoms with van der Waals surface area (Å²) in [5.74, 6) is 1.26. The molecule has 146 valence electrons. The van der Waals surface area contributed by atoms with E-state index < -0.39 is 0 Å². The molecule has 1 N–H and O–H groups in total. The standard InChI is InChI=1S/C22H23NO5/c1-2-26-17-6-3-15(4-7-17)16-5-8-19-20(11-16)23-22(12-21(19)24)28-14-18-13-25-9-10-27-18/h3-8,11-12,18H,2,9-10,13-14H2,1H3,(H,23,24). The van der Waals surface area contributed by atoms with E-state index in [4.69, 9.17) is 18.9 Å². The molecule has 4 rings (SSSR count). The molecule has 3 aromatic rings. The van der Waals surface area contributed by atoms with Crippen molar-refractivity contribution in [2.45, 2.75) is 13.0 Å². The van der Waals surface area contributed by atoms with Crippen LogP contribution in [0.2, 0.25) is 0 Å². The minimum absolute atomic E-state index is 0.0807. The van der Waals surface area contributed by atoms with Crippen molar-refractivity contribution in [1.29, 1.82) is 0 Å². The molecule has 0 aliphatic carbocycles. The Morgan fingerprint density at radius 3 is 2.61 bits per heavy atom. The van der Waals surface area contributed by atoms with Crippen molar-refractivity contribution in [1.82, 2.24) is 4.98 Å². The first-order valence-corrected chi connectivity index (χ1v) is 9.45. The highest BCUT2D eigenvalue weighted by atomic mass is 16.6. The maximum atomic E-state index is 12.4. The van der Waals surface area contributed by atoms with Crippen LogP contribution < -0.4 is 14.9 Å². The maximum absolute atomic E-state index is 12.4. The van der Waals surface area contributed by atoms with E-state index in [1.54, 1.807) is 0 Å². The molecule has 1 unspecified atom stereocenters. The summed E-state index contributed by atoms with van der Waals surface area (Å²) in [6.45, 7) is 4.60. The number of nitrogens with one attached hydrogen (secondary N) is 1. The molecule has 1 aliphatic rings. The average molecular weight is 381 g/mol. The van der Waals surface area contributed by atoms with Crippen LogP contribution in [-0.4, -0.2) is 44.1 Å². The summed E-state index contributed by atoms with van der Waals surface area (Å²) in [6, 6.07) is 15.1. The molecular weight excluding hydrogens is 358 g/mol. The fourth-order valence-corrected chi connectivity index (χ4v) is 3.21. The zero-order valence-electron chi connectivity index (χ0n) is 15.8. The second-order valence-corrected chi connectivity index (χ2v) is 6.59. The lowest BCUT2D eigenvalue weighted by Crippen LogP contribution is -2.33. The Bertz CT molecular complexity index is 990. The third-order valence-electron chi connectivity index (χ3n) is 4.61. The van der Waals surface area contributed by atoms with Crippen molar-refractivity contribution in [2.75, 3.05) is 33.0 Å². The number of pyridine rings is 1. The van der Waals surface area contributed by atoms with Gasteiger partial charge in [0.25, 0.3) is 0 Å². The van der Waals surface area contributed by atoms with E-state index in [0.29, 0.717) is 44.3 Å². The predicted molar refractivity (Wildman–Crippen MR) is 107 cm³/mol. The predicted octanol–water partition coefficient (Wildman–Crippen LogP) is 3.39. The topological polar surface area (TPSA) is 69.8 Å². The van der Waals surface area contributed by atoms with Crippen molar-refractivity contribution in [2.24, 2.45) is 0 Å². The van der Waals surface area contributed by atoms with Crippen LogP contribution >= 0.6 is 0 Å². The Morgan fingerprint density at radius 2 is 1.86 bits per heavy atom. The number of aromatic amines is 1. The van der Waals surface area contributed by atoms with Gasteiger partial charge in [0.2, 0.25) is 0 Å². The molecular formula is C22H23NO5. The summed E-state index contributed by atoms with van der Waals surface area (Å²) < 4.78 is 22.2. The first kappa shape index (κ1) is 18.5. The normalized spacial score (nSPS) is 16.8. The lowest BCUT2D eigenvalue weighted by Gasteiger charge is -2.22. The van der Waals surface area contributed by atoms with Gasteiger partial charge < -0.3 is 23.9 Å². The largest absolute Gasteiger partial charge is 0.494 e. The van der Waals surface area contributed by atoms with Crippen LogP contribution in [0.25, 0.3) is 22.0 Å². The molecule has 1 aromatic heterocycles. The molecule has 0 radical (unpaired) electrons. The van der Waals surface area contributed by atoms with Gasteiger partial charge in [0, 0.05) is 11.5 Å². The lowest BCUT2D eigenvalue weighted by atomic mass is 10.0. The lowest BCUT2D eigenvalue weighted by molar-refractivity contribution is -0.101. The number of ether oxygens (including phenoxy) is 4. The quantitative estimate of drug-likeness (QED) is 0.709. The van der Waals surface area contributed by atoms with Crippen molar-refractivity contribution in [3.05, 3.63) is 58.8 Å². The highest BCUT2D eigenvalue weighted by Gasteiger charge is 2.15. The molecule has 2 heterocycles. The summed E-state index contributed by atoms with van der Waals surface area (Å²) in [5.41, 5.74) is 2.70. The molecule has 0 spiro atoms. The molecule has 1 aliphatic heterocycles. The number of rotatable bonds is 6. The Hall–Kier alpha value is -2.83. The molecule has 28 heavy (non-hydrogen) atoms. The van der Waals surface area contributed by atoms with Crippen LogP contribution in [-0.2, 0) is 9.47 Å². The van der Waals surface area contributed by atoms with Gasteiger partial charge in [-0.1, -0.05) is 18.2 Å². The third-order valence-corrected chi connectivity index (χ3v) is 4.61. The van der Waals surface area contributed by atoms with Crippen LogP contribution in [0.15, 0.2) is 53.3 Å². The van der Waals surface area contributed by atoms with Gasteiger partial charge in [-0.15, -0.1) is 0 Å². The van der Waals surface area contributed by atoms with E-state index in [1.807, 2.05) is 49.4 Å². The SMILES string of the molecule is CCOc1ccc(-c2ccc3c(=O)cc(OCC4COCCO4)[nH]c3c2)cc1. The molecule has 6 heteroatoms. The maximum Gasteiger partial charge on any atom is 0.195 e. The molecule has 0 bridgehead atoms. The van der Waals surface area contributed by atoms with Crippen LogP contribution in [0.1, 0.15) is 6.92 Å². The van der Waals surface area contributed by atoms with Crippen LogP contribution in [0.3, 0.4) is 0 Å². The van der Waals surface area contributed by atoms with Gasteiger partial charge in [-0.2, -0.15) is 0 Å². The third kappa shape index (κ3) is 4.18. The molecule has 2 aromatic carbocycles. The van der Waals surface area contributed by atoms with E-state index in [2.05, 4.69) is 4.98 Å². The number of fused-ring (bicyclic) bond motifs is 1. The van der Waals surface area contributed by atoms with E-state index in [9.17, 15) is 4.79 Å². The van der Waals surface area contributed by atoms with Crippen LogP contribution in [0, 0.1) is 0 Å². The van der Waals surface area contributed by atoms with Gasteiger partial charge in [-0.25, -0.2) is 0 Å². The summed E-state index contributed by atoms with van der Waals surface area (Å²) >= 11 is 0. The molecule has 6 nitrogen and oxygen atoms in total. The van der Waals surface area contributed by atoms with Gasteiger partial charge in [-0.3, -0.25) is 4.79 Å². The molecule has 1 saturated heterocycles. The van der Waals surface area contributed by atoms with E-state index >= 15 is 0 Å². The average Bonchev–Trinajstić information content (AvgIpc) is 2.73. The first-order valence-electron chi connectivity index (χ1n) is 9.45. The second kappa shape index (κ2) is 8.46. The Morgan fingerprint density at radius 1 is 1.04 bits per heavy atom. The van der Waals surface area contributed by atoms with Crippen LogP contribution in [0.5, 0.6) is 11.6 Å². The van der Waals surface area contributed by atoms with Crippen molar-refractivity contribution in [3.63, 3.8) is 0 Å². The summed E-state index contributed by atoms with van der Waals surface area (Å²) in [7, 11) is 0. The Labute approximate surface area is 163 Å². The highest BCUT2D eigenvalue weighted by molar-refractivity contribution is 5.84. The highest BCUT2D eigenvalue weighted by Crippen LogP contribution is 2.25. The van der Waals surface area contributed by atoms with Crippen LogP contribution in [0.4, 0.5) is 0 Å². The van der Waals surface area contributed by atoms with Gasteiger partial charge in [0.15, 0.2) is 11.3 Å². The summed E-state index contributed by atoms with van der Waals surface area (Å²) in [4.78, 5) is 15.6. The summed E-state index contributed by atoms with van der Waals surface area (Å²) in [6.07, 6.45) is -0.122. The van der Waals surface area contributed by atoms with Gasteiger partial charge in [0.1, 0.15) is 18.5 Å².